The molecule has 2 aromatic carbocycles. The van der Waals surface area contributed by atoms with Crippen LogP contribution in [0, 0.1) is 0 Å². The Hall–Kier alpha value is -3.52. The lowest BCUT2D eigenvalue weighted by atomic mass is 10.1. The van der Waals surface area contributed by atoms with E-state index in [2.05, 4.69) is 0 Å². The molecule has 3 rings (SSSR count). The fourth-order valence-electron chi connectivity index (χ4n) is 2.96. The molecular formula is C22H27N5O3. The summed E-state index contributed by atoms with van der Waals surface area (Å²) in [4.78, 5) is 15.5. The van der Waals surface area contributed by atoms with E-state index in [9.17, 15) is 4.79 Å². The van der Waals surface area contributed by atoms with Crippen molar-refractivity contribution >= 4 is 11.8 Å². The second kappa shape index (κ2) is 9.32. The Morgan fingerprint density at radius 2 is 1.67 bits per heavy atom. The van der Waals surface area contributed by atoms with E-state index in [0.29, 0.717) is 19.0 Å². The van der Waals surface area contributed by atoms with Crippen LogP contribution in [0.1, 0.15) is 0 Å². The van der Waals surface area contributed by atoms with Crippen LogP contribution >= 0.6 is 0 Å². The molecule has 158 valence electrons. The molecule has 0 aliphatic heterocycles. The van der Waals surface area contributed by atoms with Gasteiger partial charge in [0.1, 0.15) is 18.1 Å². The van der Waals surface area contributed by atoms with Crippen molar-refractivity contribution in [3.8, 4) is 28.4 Å². The maximum atomic E-state index is 12.4. The van der Waals surface area contributed by atoms with Crippen LogP contribution in [-0.4, -0.2) is 62.1 Å². The summed E-state index contributed by atoms with van der Waals surface area (Å²) in [6.07, 6.45) is 0. The van der Waals surface area contributed by atoms with E-state index < -0.39 is 0 Å². The fraction of sp³-hybridized carbons (Fsp3) is 0.273. The van der Waals surface area contributed by atoms with Crippen molar-refractivity contribution < 1.29 is 14.3 Å². The Bertz CT molecular complexity index is 981. The van der Waals surface area contributed by atoms with Gasteiger partial charge in [-0.1, -0.05) is 0 Å². The molecule has 2 N–H and O–H groups in total. The molecule has 0 spiro atoms. The first-order valence-electron chi connectivity index (χ1n) is 9.57. The summed E-state index contributed by atoms with van der Waals surface area (Å²) in [6.45, 7) is 0.923. The molecule has 0 saturated heterocycles. The van der Waals surface area contributed by atoms with Gasteiger partial charge in [-0.25, -0.2) is 9.48 Å². The third kappa shape index (κ3) is 4.55. The Morgan fingerprint density at radius 3 is 2.23 bits per heavy atom. The molecule has 3 aromatic rings. The van der Waals surface area contributed by atoms with E-state index in [-0.39, 0.29) is 6.03 Å². The number of ether oxygens (including phenoxy) is 2. The topological polar surface area (TPSA) is 85.8 Å². The van der Waals surface area contributed by atoms with Gasteiger partial charge >= 0.3 is 6.03 Å². The average Bonchev–Trinajstić information content (AvgIpc) is 3.22. The number of nitrogens with two attached hydrogens (primary N) is 1. The van der Waals surface area contributed by atoms with E-state index in [1.54, 1.807) is 28.3 Å². The van der Waals surface area contributed by atoms with E-state index in [1.807, 2.05) is 59.3 Å². The number of hydrogen-bond donors (Lipinski definition) is 1. The molecule has 0 aliphatic rings. The van der Waals surface area contributed by atoms with Gasteiger partial charge in [-0.15, -0.1) is 5.10 Å². The summed E-state index contributed by atoms with van der Waals surface area (Å²) in [5.41, 5.74) is 8.14. The minimum absolute atomic E-state index is 0.161. The summed E-state index contributed by atoms with van der Waals surface area (Å²) < 4.78 is 12.6. The molecule has 1 heterocycles. The second-order valence-corrected chi connectivity index (χ2v) is 6.90. The zero-order valence-corrected chi connectivity index (χ0v) is 17.7. The largest absolute Gasteiger partial charge is 0.497 e. The summed E-state index contributed by atoms with van der Waals surface area (Å²) >= 11 is 0. The molecule has 0 fully saturated rings. The van der Waals surface area contributed by atoms with Gasteiger partial charge in [0.05, 0.1) is 18.5 Å². The van der Waals surface area contributed by atoms with Gasteiger partial charge in [0, 0.05) is 39.3 Å². The molecule has 0 radical (unpaired) electrons. The quantitative estimate of drug-likeness (QED) is 0.648. The zero-order valence-electron chi connectivity index (χ0n) is 17.7. The van der Waals surface area contributed by atoms with Gasteiger partial charge in [0.2, 0.25) is 0 Å². The van der Waals surface area contributed by atoms with Crippen LogP contribution in [0.15, 0.2) is 54.6 Å². The second-order valence-electron chi connectivity index (χ2n) is 6.90. The Labute approximate surface area is 176 Å². The Balaban J connectivity index is 2.03. The number of carbonyl (C=O) groups is 1. The highest BCUT2D eigenvalue weighted by molar-refractivity contribution is 5.90. The van der Waals surface area contributed by atoms with Crippen LogP contribution in [-0.2, 0) is 0 Å². The van der Waals surface area contributed by atoms with Crippen LogP contribution in [0.4, 0.5) is 10.6 Å². The SMILES string of the molecule is COc1ccc(-n2nc(N(C)C(=O)N(C)C)cc2-c2ccc(OCCN)cc2)cc1. The highest BCUT2D eigenvalue weighted by Crippen LogP contribution is 2.29. The van der Waals surface area contributed by atoms with E-state index in [0.717, 1.165) is 28.4 Å². The summed E-state index contributed by atoms with van der Waals surface area (Å²) in [6, 6.07) is 17.0. The van der Waals surface area contributed by atoms with Gasteiger partial charge in [0.25, 0.3) is 0 Å². The van der Waals surface area contributed by atoms with Crippen molar-refractivity contribution in [2.75, 3.05) is 46.3 Å². The molecule has 30 heavy (non-hydrogen) atoms. The molecule has 1 aromatic heterocycles. The maximum Gasteiger partial charge on any atom is 0.324 e. The van der Waals surface area contributed by atoms with E-state index >= 15 is 0 Å². The molecule has 0 saturated carbocycles. The van der Waals surface area contributed by atoms with Gasteiger partial charge in [-0.05, 0) is 48.5 Å². The lowest BCUT2D eigenvalue weighted by Crippen LogP contribution is -2.36. The lowest BCUT2D eigenvalue weighted by Gasteiger charge is -2.19. The zero-order chi connectivity index (χ0) is 21.7. The van der Waals surface area contributed by atoms with Crippen LogP contribution in [0.3, 0.4) is 0 Å². The van der Waals surface area contributed by atoms with Crippen molar-refractivity contribution in [2.24, 2.45) is 5.73 Å². The minimum Gasteiger partial charge on any atom is -0.497 e. The molecule has 2 amide bonds. The number of hydrogen-bond acceptors (Lipinski definition) is 5. The van der Waals surface area contributed by atoms with Crippen molar-refractivity contribution in [1.82, 2.24) is 14.7 Å². The number of urea groups is 1. The molecule has 0 atom stereocenters. The third-order valence-electron chi connectivity index (χ3n) is 4.56. The normalized spacial score (nSPS) is 10.6. The molecule has 0 bridgehead atoms. The number of anilines is 1. The van der Waals surface area contributed by atoms with Gasteiger partial charge in [-0.3, -0.25) is 4.90 Å². The predicted octanol–water partition coefficient (Wildman–Crippen LogP) is 3.00. The summed E-state index contributed by atoms with van der Waals surface area (Å²) in [5, 5.41) is 4.69. The molecule has 0 aliphatic carbocycles. The maximum absolute atomic E-state index is 12.4. The van der Waals surface area contributed by atoms with Crippen LogP contribution in [0.5, 0.6) is 11.5 Å². The fourth-order valence-corrected chi connectivity index (χ4v) is 2.96. The summed E-state index contributed by atoms with van der Waals surface area (Å²) in [5.74, 6) is 2.05. The van der Waals surface area contributed by atoms with Crippen molar-refractivity contribution in [3.05, 3.63) is 54.6 Å². The molecule has 8 nitrogen and oxygen atoms in total. The van der Waals surface area contributed by atoms with Crippen molar-refractivity contribution in [3.63, 3.8) is 0 Å². The lowest BCUT2D eigenvalue weighted by molar-refractivity contribution is 0.225. The highest BCUT2D eigenvalue weighted by Gasteiger charge is 2.19. The number of carbonyl (C=O) groups excluding carboxylic acids is 1. The number of amides is 2. The van der Waals surface area contributed by atoms with Crippen LogP contribution < -0.4 is 20.1 Å². The van der Waals surface area contributed by atoms with Gasteiger partial charge < -0.3 is 20.1 Å². The Kier molecular flexibility index (Phi) is 6.58. The van der Waals surface area contributed by atoms with E-state index in [1.165, 1.54) is 9.80 Å². The standard InChI is InChI=1S/C22H27N5O3/c1-25(2)22(28)26(3)21-15-20(16-5-9-19(10-6-16)30-14-13-23)27(24-21)17-7-11-18(29-4)12-8-17/h5-12,15H,13-14,23H2,1-4H3. The van der Waals surface area contributed by atoms with E-state index in [4.69, 9.17) is 20.3 Å². The average molecular weight is 409 g/mol. The number of methoxy groups -OCH3 is 1. The van der Waals surface area contributed by atoms with Crippen molar-refractivity contribution in [1.29, 1.82) is 0 Å². The number of rotatable bonds is 7. The molecular weight excluding hydrogens is 382 g/mol. The number of benzene rings is 2. The first kappa shape index (κ1) is 21.2. The number of nitrogens with zero attached hydrogens (tertiary/aromatic N) is 4. The smallest absolute Gasteiger partial charge is 0.324 e. The minimum atomic E-state index is -0.161. The number of aromatic nitrogens is 2. The van der Waals surface area contributed by atoms with Gasteiger partial charge in [-0.2, -0.15) is 0 Å². The summed E-state index contributed by atoms with van der Waals surface area (Å²) in [7, 11) is 6.75. The highest BCUT2D eigenvalue weighted by atomic mass is 16.5. The monoisotopic (exact) mass is 409 g/mol. The van der Waals surface area contributed by atoms with Crippen LogP contribution in [0.25, 0.3) is 16.9 Å². The van der Waals surface area contributed by atoms with Crippen LogP contribution in [0.2, 0.25) is 0 Å². The Morgan fingerprint density at radius 1 is 1.03 bits per heavy atom. The third-order valence-corrected chi connectivity index (χ3v) is 4.56. The van der Waals surface area contributed by atoms with Gasteiger partial charge in [0.15, 0.2) is 5.82 Å². The molecule has 0 unspecified atom stereocenters. The molecule has 8 heteroatoms. The predicted molar refractivity (Wildman–Crippen MR) is 118 cm³/mol. The first-order valence-corrected chi connectivity index (χ1v) is 9.57. The van der Waals surface area contributed by atoms with Crippen molar-refractivity contribution in [2.45, 2.75) is 0 Å². The first-order chi connectivity index (χ1) is 14.4.